The van der Waals surface area contributed by atoms with Crippen molar-refractivity contribution in [3.63, 3.8) is 0 Å². The van der Waals surface area contributed by atoms with Crippen LogP contribution in [0.15, 0.2) is 5.11 Å². The Bertz CT molecular complexity index is 243. The highest BCUT2D eigenvalue weighted by atomic mass is 16.5. The normalized spacial score (nSPS) is 37.0. The molecule has 5 nitrogen and oxygen atoms in total. The first-order valence-corrected chi connectivity index (χ1v) is 5.22. The van der Waals surface area contributed by atoms with Crippen LogP contribution in [0.3, 0.4) is 0 Å². The fourth-order valence-corrected chi connectivity index (χ4v) is 2.40. The summed E-state index contributed by atoms with van der Waals surface area (Å²) < 4.78 is 5.62. The van der Waals surface area contributed by atoms with E-state index < -0.39 is 0 Å². The Labute approximate surface area is 83.4 Å². The van der Waals surface area contributed by atoms with Crippen LogP contribution in [0.4, 0.5) is 0 Å². The van der Waals surface area contributed by atoms with Crippen molar-refractivity contribution in [2.75, 3.05) is 19.7 Å². The van der Waals surface area contributed by atoms with Gasteiger partial charge >= 0.3 is 0 Å². The van der Waals surface area contributed by atoms with Crippen LogP contribution in [-0.2, 0) is 4.74 Å². The van der Waals surface area contributed by atoms with E-state index in [1.165, 1.54) is 19.3 Å². The van der Waals surface area contributed by atoms with Gasteiger partial charge in [0.2, 0.25) is 0 Å². The van der Waals surface area contributed by atoms with Gasteiger partial charge in [0.25, 0.3) is 0 Å². The summed E-state index contributed by atoms with van der Waals surface area (Å²) in [5.41, 5.74) is 8.40. The van der Waals surface area contributed by atoms with Gasteiger partial charge in [-0.3, -0.25) is 0 Å². The molecular formula is C9H16N4O. The predicted molar refractivity (Wildman–Crippen MR) is 53.0 cm³/mol. The summed E-state index contributed by atoms with van der Waals surface area (Å²) in [5, 5.41) is 7.10. The highest BCUT2D eigenvalue weighted by Crippen LogP contribution is 2.31. The molecule has 0 aliphatic carbocycles. The van der Waals surface area contributed by atoms with Crippen LogP contribution >= 0.6 is 0 Å². The third kappa shape index (κ3) is 2.00. The highest BCUT2D eigenvalue weighted by molar-refractivity contribution is 4.97. The van der Waals surface area contributed by atoms with Crippen LogP contribution in [0.5, 0.6) is 0 Å². The Morgan fingerprint density at radius 3 is 3.21 bits per heavy atom. The Balaban J connectivity index is 1.88. The maximum absolute atomic E-state index is 8.22. The quantitative estimate of drug-likeness (QED) is 0.414. The molecule has 0 aromatic rings. The second-order valence-corrected chi connectivity index (χ2v) is 4.21. The lowest BCUT2D eigenvalue weighted by molar-refractivity contribution is 0.102. The van der Waals surface area contributed by atoms with Crippen LogP contribution in [0.1, 0.15) is 25.7 Å². The zero-order valence-electron chi connectivity index (χ0n) is 8.28. The van der Waals surface area contributed by atoms with Crippen LogP contribution in [0.2, 0.25) is 0 Å². The van der Waals surface area contributed by atoms with E-state index in [1.54, 1.807) is 0 Å². The number of hydrogen-bond donors (Lipinski definition) is 1. The van der Waals surface area contributed by atoms with Gasteiger partial charge in [-0.25, -0.2) is 0 Å². The molecule has 0 bridgehead atoms. The maximum atomic E-state index is 8.22. The third-order valence-corrected chi connectivity index (χ3v) is 3.14. The predicted octanol–water partition coefficient (Wildman–Crippen LogP) is 1.60. The van der Waals surface area contributed by atoms with E-state index in [1.807, 2.05) is 0 Å². The molecule has 1 N–H and O–H groups in total. The van der Waals surface area contributed by atoms with Gasteiger partial charge in [-0.15, -0.1) is 0 Å². The van der Waals surface area contributed by atoms with Gasteiger partial charge < -0.3 is 10.1 Å². The lowest BCUT2D eigenvalue weighted by Crippen LogP contribution is -2.49. The molecule has 14 heavy (non-hydrogen) atoms. The number of piperidine rings is 1. The van der Waals surface area contributed by atoms with Crippen LogP contribution in [0.25, 0.3) is 10.4 Å². The molecule has 0 aromatic carbocycles. The largest absolute Gasteiger partial charge is 0.376 e. The molecule has 2 aliphatic rings. The van der Waals surface area contributed by atoms with Crippen molar-refractivity contribution < 1.29 is 4.74 Å². The number of nitrogens with zero attached hydrogens (tertiary/aromatic N) is 3. The monoisotopic (exact) mass is 196 g/mol. The number of nitrogens with one attached hydrogen (secondary N) is 1. The summed E-state index contributed by atoms with van der Waals surface area (Å²) in [5.74, 6) is 0. The molecule has 0 radical (unpaired) electrons. The summed E-state index contributed by atoms with van der Waals surface area (Å²) >= 11 is 0. The van der Waals surface area contributed by atoms with Crippen molar-refractivity contribution in [1.82, 2.24) is 5.32 Å². The molecule has 0 unspecified atom stereocenters. The summed E-state index contributed by atoms with van der Waals surface area (Å²) in [6, 6.07) is 0. The third-order valence-electron chi connectivity index (χ3n) is 3.14. The first-order valence-electron chi connectivity index (χ1n) is 5.22. The molecule has 2 atom stereocenters. The SMILES string of the molecule is [N-]=[N+]=NC[C@H]1C[C@@]2(CCCCN2)CO1. The maximum Gasteiger partial charge on any atom is 0.0653 e. The molecule has 78 valence electrons. The molecule has 1 spiro atoms. The minimum atomic E-state index is 0.122. The van der Waals surface area contributed by atoms with Gasteiger partial charge in [-0.2, -0.15) is 0 Å². The second kappa shape index (κ2) is 4.17. The van der Waals surface area contributed by atoms with E-state index in [-0.39, 0.29) is 11.6 Å². The molecular weight excluding hydrogens is 180 g/mol. The second-order valence-electron chi connectivity index (χ2n) is 4.21. The number of hydrogen-bond acceptors (Lipinski definition) is 3. The smallest absolute Gasteiger partial charge is 0.0653 e. The summed E-state index contributed by atoms with van der Waals surface area (Å²) in [4.78, 5) is 2.76. The Morgan fingerprint density at radius 2 is 2.50 bits per heavy atom. The zero-order valence-corrected chi connectivity index (χ0v) is 8.28. The minimum absolute atomic E-state index is 0.122. The molecule has 2 heterocycles. The van der Waals surface area contributed by atoms with Gasteiger partial charge in [-0.05, 0) is 31.3 Å². The summed E-state index contributed by atoms with van der Waals surface area (Å²) in [7, 11) is 0. The van der Waals surface area contributed by atoms with Gasteiger partial charge in [-0.1, -0.05) is 11.5 Å². The molecule has 0 aromatic heterocycles. The molecule has 2 aliphatic heterocycles. The average Bonchev–Trinajstić information content (AvgIpc) is 2.60. The van der Waals surface area contributed by atoms with E-state index in [0.29, 0.717) is 6.54 Å². The highest BCUT2D eigenvalue weighted by Gasteiger charge is 2.40. The van der Waals surface area contributed by atoms with Crippen molar-refractivity contribution in [3.8, 4) is 0 Å². The minimum Gasteiger partial charge on any atom is -0.376 e. The standard InChI is InChI=1S/C9H16N4O/c10-13-12-6-8-5-9(7-14-8)3-1-2-4-11-9/h8,11H,1-7H2/t8-,9+/m1/s1. The van der Waals surface area contributed by atoms with Crippen molar-refractivity contribution in [2.45, 2.75) is 37.3 Å². The fraction of sp³-hybridized carbons (Fsp3) is 1.00. The number of azide groups is 1. The lowest BCUT2D eigenvalue weighted by atomic mass is 9.87. The average molecular weight is 196 g/mol. The van der Waals surface area contributed by atoms with E-state index in [2.05, 4.69) is 15.3 Å². The van der Waals surface area contributed by atoms with E-state index >= 15 is 0 Å². The Hall–Kier alpha value is -0.770. The summed E-state index contributed by atoms with van der Waals surface area (Å²) in [6.07, 6.45) is 4.86. The number of ether oxygens (including phenoxy) is 1. The van der Waals surface area contributed by atoms with Crippen molar-refractivity contribution in [2.24, 2.45) is 5.11 Å². The topological polar surface area (TPSA) is 70.0 Å². The van der Waals surface area contributed by atoms with Gasteiger partial charge in [0.1, 0.15) is 0 Å². The van der Waals surface area contributed by atoms with E-state index in [4.69, 9.17) is 10.3 Å². The van der Waals surface area contributed by atoms with Gasteiger partial charge in [0, 0.05) is 10.5 Å². The fourth-order valence-electron chi connectivity index (χ4n) is 2.40. The molecule has 0 amide bonds. The first-order chi connectivity index (χ1) is 6.85. The van der Waals surface area contributed by atoms with Crippen LogP contribution in [0, 0.1) is 0 Å². The Kier molecular flexibility index (Phi) is 2.91. The van der Waals surface area contributed by atoms with Gasteiger partial charge in [0.15, 0.2) is 0 Å². The van der Waals surface area contributed by atoms with Crippen LogP contribution in [-0.4, -0.2) is 31.3 Å². The molecule has 2 fully saturated rings. The van der Waals surface area contributed by atoms with Crippen molar-refractivity contribution in [1.29, 1.82) is 0 Å². The van der Waals surface area contributed by atoms with Crippen molar-refractivity contribution >= 4 is 0 Å². The first kappa shape index (κ1) is 9.77. The lowest BCUT2D eigenvalue weighted by Gasteiger charge is -2.33. The van der Waals surface area contributed by atoms with E-state index in [9.17, 15) is 0 Å². The Morgan fingerprint density at radius 1 is 1.57 bits per heavy atom. The van der Waals surface area contributed by atoms with Crippen molar-refractivity contribution in [3.05, 3.63) is 10.4 Å². The molecule has 2 rings (SSSR count). The molecule has 0 saturated carbocycles. The molecule has 2 saturated heterocycles. The number of rotatable bonds is 2. The van der Waals surface area contributed by atoms with E-state index in [0.717, 1.165) is 19.6 Å². The van der Waals surface area contributed by atoms with Crippen LogP contribution < -0.4 is 5.32 Å². The van der Waals surface area contributed by atoms with Gasteiger partial charge in [0.05, 0.1) is 19.3 Å². The zero-order chi connectivity index (χ0) is 9.86. The molecule has 5 heteroatoms. The summed E-state index contributed by atoms with van der Waals surface area (Å²) in [6.45, 7) is 2.34.